The molecule has 0 radical (unpaired) electrons. The molecular formula is C12H7NO. The smallest absolute Gasteiger partial charge is 0.204 e. The van der Waals surface area contributed by atoms with Crippen molar-refractivity contribution in [1.82, 2.24) is 0 Å². The standard InChI is InChI=1S/C12H7NO/c14-11-7-13-10-6-2-4-8-3-1-5-9(11)12(8)10/h1-7H. The van der Waals surface area contributed by atoms with Crippen LogP contribution in [-0.2, 0) is 0 Å². The summed E-state index contributed by atoms with van der Waals surface area (Å²) >= 11 is 0. The molecule has 66 valence electrons. The molecule has 0 aliphatic carbocycles. The van der Waals surface area contributed by atoms with Crippen LogP contribution in [0.4, 0.5) is 5.69 Å². The van der Waals surface area contributed by atoms with Crippen LogP contribution in [0.2, 0.25) is 0 Å². The van der Waals surface area contributed by atoms with Crippen LogP contribution in [0.3, 0.4) is 0 Å². The van der Waals surface area contributed by atoms with E-state index in [1.807, 2.05) is 36.4 Å². The summed E-state index contributed by atoms with van der Waals surface area (Å²) in [4.78, 5) is 15.6. The van der Waals surface area contributed by atoms with Crippen molar-refractivity contribution in [2.75, 3.05) is 0 Å². The van der Waals surface area contributed by atoms with Gasteiger partial charge in [0.25, 0.3) is 0 Å². The van der Waals surface area contributed by atoms with Crippen molar-refractivity contribution in [3.8, 4) is 0 Å². The minimum Gasteiger partial charge on any atom is -0.288 e. The molecule has 14 heavy (non-hydrogen) atoms. The van der Waals surface area contributed by atoms with Gasteiger partial charge < -0.3 is 0 Å². The molecule has 0 atom stereocenters. The molecule has 0 spiro atoms. The number of hydrogen-bond donors (Lipinski definition) is 0. The fourth-order valence-electron chi connectivity index (χ4n) is 1.83. The third-order valence-electron chi connectivity index (χ3n) is 2.47. The summed E-state index contributed by atoms with van der Waals surface area (Å²) in [5.41, 5.74) is 1.64. The molecule has 1 aliphatic rings. The van der Waals surface area contributed by atoms with Gasteiger partial charge in [-0.15, -0.1) is 0 Å². The first-order chi connectivity index (χ1) is 6.86. The van der Waals surface area contributed by atoms with Crippen molar-refractivity contribution >= 4 is 28.5 Å². The number of Topliss-reactive ketones (excluding diaryl/α,β-unsaturated/α-hetero) is 1. The van der Waals surface area contributed by atoms with Gasteiger partial charge in [0.2, 0.25) is 5.78 Å². The summed E-state index contributed by atoms with van der Waals surface area (Å²) in [6, 6.07) is 11.6. The third kappa shape index (κ3) is 0.852. The van der Waals surface area contributed by atoms with Gasteiger partial charge in [-0.3, -0.25) is 9.79 Å². The largest absolute Gasteiger partial charge is 0.288 e. The fourth-order valence-corrected chi connectivity index (χ4v) is 1.83. The van der Waals surface area contributed by atoms with E-state index in [0.29, 0.717) is 0 Å². The molecule has 3 rings (SSSR count). The average molecular weight is 181 g/mol. The number of hydrogen-bond acceptors (Lipinski definition) is 2. The van der Waals surface area contributed by atoms with Gasteiger partial charge in [-0.1, -0.05) is 30.3 Å². The van der Waals surface area contributed by atoms with Gasteiger partial charge in [-0.25, -0.2) is 0 Å². The Morgan fingerprint density at radius 1 is 1.00 bits per heavy atom. The molecule has 0 aromatic heterocycles. The van der Waals surface area contributed by atoms with E-state index in [9.17, 15) is 4.79 Å². The van der Waals surface area contributed by atoms with Gasteiger partial charge >= 0.3 is 0 Å². The van der Waals surface area contributed by atoms with Crippen LogP contribution < -0.4 is 0 Å². The van der Waals surface area contributed by atoms with E-state index in [1.165, 1.54) is 6.21 Å². The highest BCUT2D eigenvalue weighted by Crippen LogP contribution is 2.31. The number of carbonyl (C=O) groups is 1. The minimum absolute atomic E-state index is 0.00528. The maximum atomic E-state index is 11.5. The first-order valence-electron chi connectivity index (χ1n) is 4.46. The van der Waals surface area contributed by atoms with Crippen molar-refractivity contribution in [1.29, 1.82) is 0 Å². The molecule has 1 heterocycles. The van der Waals surface area contributed by atoms with Gasteiger partial charge in [0.15, 0.2) is 0 Å². The molecule has 0 N–H and O–H groups in total. The highest BCUT2D eigenvalue weighted by molar-refractivity contribution is 6.41. The molecule has 2 aromatic carbocycles. The minimum atomic E-state index is -0.00528. The molecular weight excluding hydrogens is 174 g/mol. The molecule has 0 fully saturated rings. The molecule has 0 unspecified atom stereocenters. The Labute approximate surface area is 80.9 Å². The van der Waals surface area contributed by atoms with Gasteiger partial charge in [0.05, 0.1) is 11.9 Å². The lowest BCUT2D eigenvalue weighted by Crippen LogP contribution is -2.04. The Hall–Kier alpha value is -1.96. The predicted octanol–water partition coefficient (Wildman–Crippen LogP) is 2.74. The second-order valence-electron chi connectivity index (χ2n) is 3.30. The number of aliphatic imine (C=N–C) groups is 1. The first kappa shape index (κ1) is 7.44. The highest BCUT2D eigenvalue weighted by Gasteiger charge is 2.14. The summed E-state index contributed by atoms with van der Waals surface area (Å²) in [6.45, 7) is 0. The molecule has 1 aliphatic heterocycles. The molecule has 2 nitrogen and oxygen atoms in total. The Balaban J connectivity index is 2.58. The zero-order valence-corrected chi connectivity index (χ0v) is 7.40. The predicted molar refractivity (Wildman–Crippen MR) is 56.4 cm³/mol. The molecule has 0 saturated heterocycles. The van der Waals surface area contributed by atoms with Gasteiger partial charge in [0.1, 0.15) is 0 Å². The second kappa shape index (κ2) is 2.51. The summed E-state index contributed by atoms with van der Waals surface area (Å²) in [7, 11) is 0. The average Bonchev–Trinajstić information content (AvgIpc) is 2.24. The van der Waals surface area contributed by atoms with Crippen LogP contribution in [0.5, 0.6) is 0 Å². The Bertz CT molecular complexity index is 564. The van der Waals surface area contributed by atoms with Crippen molar-refractivity contribution in [3.63, 3.8) is 0 Å². The van der Waals surface area contributed by atoms with Crippen molar-refractivity contribution in [2.45, 2.75) is 0 Å². The van der Waals surface area contributed by atoms with E-state index in [1.54, 1.807) is 0 Å². The van der Waals surface area contributed by atoms with Crippen LogP contribution >= 0.6 is 0 Å². The maximum absolute atomic E-state index is 11.5. The first-order valence-corrected chi connectivity index (χ1v) is 4.46. The summed E-state index contributed by atoms with van der Waals surface area (Å²) in [5, 5.41) is 2.05. The van der Waals surface area contributed by atoms with Crippen LogP contribution in [0.25, 0.3) is 10.8 Å². The van der Waals surface area contributed by atoms with Crippen LogP contribution in [0, 0.1) is 0 Å². The molecule has 2 aromatic rings. The second-order valence-corrected chi connectivity index (χ2v) is 3.30. The lowest BCUT2D eigenvalue weighted by atomic mass is 9.98. The summed E-state index contributed by atoms with van der Waals surface area (Å²) in [6.07, 6.45) is 1.39. The normalized spacial score (nSPS) is 13.6. The zero-order chi connectivity index (χ0) is 9.54. The summed E-state index contributed by atoms with van der Waals surface area (Å²) < 4.78 is 0. The molecule has 0 bridgehead atoms. The fraction of sp³-hybridized carbons (Fsp3) is 0. The van der Waals surface area contributed by atoms with E-state index < -0.39 is 0 Å². The molecule has 2 heteroatoms. The molecule has 0 saturated carbocycles. The number of nitrogens with zero attached hydrogens (tertiary/aromatic N) is 1. The van der Waals surface area contributed by atoms with E-state index in [-0.39, 0.29) is 5.78 Å². The number of benzene rings is 2. The van der Waals surface area contributed by atoms with Gasteiger partial charge in [-0.05, 0) is 11.5 Å². The van der Waals surface area contributed by atoms with Crippen molar-refractivity contribution in [2.24, 2.45) is 4.99 Å². The Morgan fingerprint density at radius 3 is 2.64 bits per heavy atom. The SMILES string of the molecule is O=C1C=Nc2cccc3cccc1c23. The number of carbonyl (C=O) groups excluding carboxylic acids is 1. The van der Waals surface area contributed by atoms with E-state index in [0.717, 1.165) is 22.0 Å². The van der Waals surface area contributed by atoms with Crippen molar-refractivity contribution < 1.29 is 4.79 Å². The zero-order valence-electron chi connectivity index (χ0n) is 7.40. The van der Waals surface area contributed by atoms with E-state index in [4.69, 9.17) is 0 Å². The van der Waals surface area contributed by atoms with E-state index in [2.05, 4.69) is 4.99 Å². The van der Waals surface area contributed by atoms with Crippen LogP contribution in [0.15, 0.2) is 41.4 Å². The van der Waals surface area contributed by atoms with Gasteiger partial charge in [-0.2, -0.15) is 0 Å². The lowest BCUT2D eigenvalue weighted by Gasteiger charge is -2.09. The third-order valence-corrected chi connectivity index (χ3v) is 2.47. The molecule has 0 amide bonds. The van der Waals surface area contributed by atoms with Crippen LogP contribution in [0.1, 0.15) is 10.4 Å². The van der Waals surface area contributed by atoms with Crippen LogP contribution in [-0.4, -0.2) is 12.0 Å². The topological polar surface area (TPSA) is 29.4 Å². The van der Waals surface area contributed by atoms with Gasteiger partial charge in [0, 0.05) is 10.9 Å². The maximum Gasteiger partial charge on any atom is 0.204 e. The monoisotopic (exact) mass is 181 g/mol. The van der Waals surface area contributed by atoms with Crippen molar-refractivity contribution in [3.05, 3.63) is 42.0 Å². The number of rotatable bonds is 0. The quantitative estimate of drug-likeness (QED) is 0.614. The Kier molecular flexibility index (Phi) is 1.34. The number of ketones is 1. The summed E-state index contributed by atoms with van der Waals surface area (Å²) in [5.74, 6) is -0.00528. The Morgan fingerprint density at radius 2 is 1.79 bits per heavy atom. The highest BCUT2D eigenvalue weighted by atomic mass is 16.1. The van der Waals surface area contributed by atoms with E-state index >= 15 is 0 Å². The lowest BCUT2D eigenvalue weighted by molar-refractivity contribution is 0.107.